The van der Waals surface area contributed by atoms with Gasteiger partial charge < -0.3 is 16.2 Å². The van der Waals surface area contributed by atoms with Crippen LogP contribution in [0, 0.1) is 0 Å². The molecular formula is C10H14N2O2. The molecule has 4 N–H and O–H groups in total. The Kier molecular flexibility index (Phi) is 3.48. The number of methoxy groups -OCH3 is 1. The van der Waals surface area contributed by atoms with Crippen LogP contribution in [0.2, 0.25) is 0 Å². The third-order valence-corrected chi connectivity index (χ3v) is 2.08. The lowest BCUT2D eigenvalue weighted by molar-refractivity contribution is -0.119. The van der Waals surface area contributed by atoms with Gasteiger partial charge in [0.1, 0.15) is 5.75 Å². The average molecular weight is 194 g/mol. The number of carbonyl (C=O) groups excluding carboxylic acids is 1. The number of carbonyl (C=O) groups is 1. The summed E-state index contributed by atoms with van der Waals surface area (Å²) in [5, 5.41) is 0. The minimum atomic E-state index is -0.440. The summed E-state index contributed by atoms with van der Waals surface area (Å²) in [5.74, 6) is -0.159. The van der Waals surface area contributed by atoms with Gasteiger partial charge in [-0.15, -0.1) is 0 Å². The van der Waals surface area contributed by atoms with Gasteiger partial charge in [0.25, 0.3) is 0 Å². The van der Waals surface area contributed by atoms with E-state index in [-0.39, 0.29) is 6.54 Å². The number of hydrogen-bond donors (Lipinski definition) is 2. The monoisotopic (exact) mass is 194 g/mol. The smallest absolute Gasteiger partial charge is 0.226 e. The highest BCUT2D eigenvalue weighted by molar-refractivity contribution is 5.82. The Bertz CT molecular complexity index is 326. The van der Waals surface area contributed by atoms with Gasteiger partial charge in [-0.3, -0.25) is 4.79 Å². The zero-order valence-electron chi connectivity index (χ0n) is 8.07. The highest BCUT2D eigenvalue weighted by Gasteiger charge is 2.15. The molecule has 1 rings (SSSR count). The summed E-state index contributed by atoms with van der Waals surface area (Å²) in [6, 6.07) is 7.19. The summed E-state index contributed by atoms with van der Waals surface area (Å²) < 4.78 is 5.04. The van der Waals surface area contributed by atoms with Crippen LogP contribution in [-0.4, -0.2) is 19.6 Å². The molecule has 0 aliphatic carbocycles. The number of rotatable bonds is 4. The third kappa shape index (κ3) is 2.23. The van der Waals surface area contributed by atoms with Crippen LogP contribution >= 0.6 is 0 Å². The van der Waals surface area contributed by atoms with Gasteiger partial charge in [-0.05, 0) is 17.7 Å². The summed E-state index contributed by atoms with van der Waals surface area (Å²) >= 11 is 0. The van der Waals surface area contributed by atoms with Crippen molar-refractivity contribution in [1.29, 1.82) is 0 Å². The Hall–Kier alpha value is -1.55. The molecule has 1 aromatic carbocycles. The molecule has 0 aromatic heterocycles. The normalized spacial score (nSPS) is 12.1. The second-order valence-corrected chi connectivity index (χ2v) is 2.97. The molecule has 0 unspecified atom stereocenters. The van der Waals surface area contributed by atoms with Crippen LogP contribution in [0.5, 0.6) is 5.75 Å². The number of nitrogens with two attached hydrogens (primary N) is 2. The van der Waals surface area contributed by atoms with Crippen LogP contribution in [0.4, 0.5) is 0 Å². The molecule has 4 nitrogen and oxygen atoms in total. The highest BCUT2D eigenvalue weighted by Crippen LogP contribution is 2.19. The molecule has 76 valence electrons. The highest BCUT2D eigenvalue weighted by atomic mass is 16.5. The Morgan fingerprint density at radius 2 is 2.29 bits per heavy atom. The van der Waals surface area contributed by atoms with Crippen LogP contribution in [0.1, 0.15) is 11.5 Å². The summed E-state index contributed by atoms with van der Waals surface area (Å²) in [7, 11) is 1.57. The van der Waals surface area contributed by atoms with Gasteiger partial charge in [0.15, 0.2) is 0 Å². The zero-order chi connectivity index (χ0) is 10.6. The molecule has 14 heavy (non-hydrogen) atoms. The maximum atomic E-state index is 11.0. The van der Waals surface area contributed by atoms with Gasteiger partial charge >= 0.3 is 0 Å². The first-order valence-corrected chi connectivity index (χ1v) is 4.32. The molecule has 0 spiro atoms. The lowest BCUT2D eigenvalue weighted by atomic mass is 9.98. The van der Waals surface area contributed by atoms with Gasteiger partial charge in [-0.25, -0.2) is 0 Å². The first-order valence-electron chi connectivity index (χ1n) is 4.32. The third-order valence-electron chi connectivity index (χ3n) is 2.08. The molecule has 0 fully saturated rings. The lowest BCUT2D eigenvalue weighted by Gasteiger charge is -2.11. The van der Waals surface area contributed by atoms with Crippen molar-refractivity contribution in [2.45, 2.75) is 5.92 Å². The molecule has 4 heteroatoms. The van der Waals surface area contributed by atoms with E-state index < -0.39 is 11.8 Å². The molecule has 0 bridgehead atoms. The quantitative estimate of drug-likeness (QED) is 0.719. The first kappa shape index (κ1) is 10.5. The maximum absolute atomic E-state index is 11.0. The standard InChI is InChI=1S/C10H14N2O2/c1-14-8-4-2-3-7(5-8)9(6-11)10(12)13/h2-5,9H,6,11H2,1H3,(H2,12,13)/t9-/m1/s1. The molecule has 0 aliphatic heterocycles. The average Bonchev–Trinajstić information content (AvgIpc) is 2.19. The van der Waals surface area contributed by atoms with Crippen LogP contribution < -0.4 is 16.2 Å². The summed E-state index contributed by atoms with van der Waals surface area (Å²) in [6.07, 6.45) is 0. The van der Waals surface area contributed by atoms with E-state index in [1.807, 2.05) is 6.07 Å². The zero-order valence-corrected chi connectivity index (χ0v) is 8.07. The fraction of sp³-hybridized carbons (Fsp3) is 0.300. The van der Waals surface area contributed by atoms with Crippen molar-refractivity contribution in [2.24, 2.45) is 11.5 Å². The minimum Gasteiger partial charge on any atom is -0.497 e. The lowest BCUT2D eigenvalue weighted by Crippen LogP contribution is -2.27. The molecule has 0 saturated carbocycles. The van der Waals surface area contributed by atoms with Gasteiger partial charge in [0.2, 0.25) is 5.91 Å². The van der Waals surface area contributed by atoms with Crippen molar-refractivity contribution >= 4 is 5.91 Å². The predicted octanol–water partition coefficient (Wildman–Crippen LogP) is 0.223. The Morgan fingerprint density at radius 3 is 2.79 bits per heavy atom. The number of amides is 1. The molecular weight excluding hydrogens is 180 g/mol. The van der Waals surface area contributed by atoms with Crippen LogP contribution in [0.3, 0.4) is 0 Å². The minimum absolute atomic E-state index is 0.211. The molecule has 0 heterocycles. The molecule has 1 amide bonds. The van der Waals surface area contributed by atoms with E-state index in [1.54, 1.807) is 25.3 Å². The van der Waals surface area contributed by atoms with E-state index in [9.17, 15) is 4.79 Å². The number of primary amides is 1. The summed E-state index contributed by atoms with van der Waals surface area (Å²) in [5.41, 5.74) is 11.5. The van der Waals surface area contributed by atoms with Crippen molar-refractivity contribution in [3.05, 3.63) is 29.8 Å². The molecule has 0 aliphatic rings. The number of ether oxygens (including phenoxy) is 1. The topological polar surface area (TPSA) is 78.3 Å². The Morgan fingerprint density at radius 1 is 1.57 bits per heavy atom. The van der Waals surface area contributed by atoms with Gasteiger partial charge in [0.05, 0.1) is 13.0 Å². The van der Waals surface area contributed by atoms with Crippen molar-refractivity contribution in [3.8, 4) is 5.75 Å². The second-order valence-electron chi connectivity index (χ2n) is 2.97. The van der Waals surface area contributed by atoms with E-state index in [2.05, 4.69) is 0 Å². The Balaban J connectivity index is 2.98. The second kappa shape index (κ2) is 4.62. The molecule has 1 aromatic rings. The van der Waals surface area contributed by atoms with E-state index in [1.165, 1.54) is 0 Å². The molecule has 0 saturated heterocycles. The first-order chi connectivity index (χ1) is 6.69. The van der Waals surface area contributed by atoms with Crippen molar-refractivity contribution in [1.82, 2.24) is 0 Å². The Labute approximate surface area is 82.8 Å². The molecule has 0 radical (unpaired) electrons. The van der Waals surface area contributed by atoms with Crippen LogP contribution in [-0.2, 0) is 4.79 Å². The van der Waals surface area contributed by atoms with Crippen LogP contribution in [0.25, 0.3) is 0 Å². The SMILES string of the molecule is COc1cccc([C@@H](CN)C(N)=O)c1. The van der Waals surface area contributed by atoms with Gasteiger partial charge in [-0.2, -0.15) is 0 Å². The van der Waals surface area contributed by atoms with E-state index in [4.69, 9.17) is 16.2 Å². The van der Waals surface area contributed by atoms with Crippen LogP contribution in [0.15, 0.2) is 24.3 Å². The summed E-state index contributed by atoms with van der Waals surface area (Å²) in [6.45, 7) is 0.211. The van der Waals surface area contributed by atoms with E-state index in [0.717, 1.165) is 5.56 Å². The summed E-state index contributed by atoms with van der Waals surface area (Å²) in [4.78, 5) is 11.0. The molecule has 1 atom stereocenters. The fourth-order valence-electron chi connectivity index (χ4n) is 1.27. The maximum Gasteiger partial charge on any atom is 0.226 e. The largest absolute Gasteiger partial charge is 0.497 e. The van der Waals surface area contributed by atoms with Crippen molar-refractivity contribution in [3.63, 3.8) is 0 Å². The van der Waals surface area contributed by atoms with E-state index >= 15 is 0 Å². The fourth-order valence-corrected chi connectivity index (χ4v) is 1.27. The number of benzene rings is 1. The van der Waals surface area contributed by atoms with Crippen molar-refractivity contribution < 1.29 is 9.53 Å². The van der Waals surface area contributed by atoms with Gasteiger partial charge in [0, 0.05) is 6.54 Å². The van der Waals surface area contributed by atoms with E-state index in [0.29, 0.717) is 5.75 Å². The number of hydrogen-bond acceptors (Lipinski definition) is 3. The van der Waals surface area contributed by atoms with Gasteiger partial charge in [-0.1, -0.05) is 12.1 Å². The predicted molar refractivity (Wildman–Crippen MR) is 54.0 cm³/mol. The van der Waals surface area contributed by atoms with Crippen molar-refractivity contribution in [2.75, 3.05) is 13.7 Å².